The summed E-state index contributed by atoms with van der Waals surface area (Å²) >= 11 is 11.8. The van der Waals surface area contributed by atoms with Gasteiger partial charge in [-0.2, -0.15) is 4.98 Å². The second kappa shape index (κ2) is 4.77. The van der Waals surface area contributed by atoms with Gasteiger partial charge in [-0.15, -0.1) is 0 Å². The van der Waals surface area contributed by atoms with Gasteiger partial charge in [0, 0.05) is 17.4 Å². The molecule has 0 saturated carbocycles. The summed E-state index contributed by atoms with van der Waals surface area (Å²) in [5.41, 5.74) is 7.00. The molecule has 3 aromatic rings. The fourth-order valence-electron chi connectivity index (χ4n) is 1.97. The molecule has 2 heterocycles. The molecule has 7 heteroatoms. The zero-order valence-electron chi connectivity index (χ0n) is 10.0. The van der Waals surface area contributed by atoms with Gasteiger partial charge in [-0.1, -0.05) is 17.7 Å². The average Bonchev–Trinajstić information content (AvgIpc) is 2.82. The molecule has 1 amide bonds. The highest BCUT2D eigenvalue weighted by atomic mass is 35.5. The number of benzene rings is 1. The van der Waals surface area contributed by atoms with E-state index in [1.165, 1.54) is 0 Å². The Morgan fingerprint density at radius 1 is 1.20 bits per heavy atom. The fraction of sp³-hybridized carbons (Fsp3) is 0. The lowest BCUT2D eigenvalue weighted by Crippen LogP contribution is -2.11. The smallest absolute Gasteiger partial charge is 0.248 e. The van der Waals surface area contributed by atoms with Crippen molar-refractivity contribution in [1.82, 2.24) is 14.5 Å². The lowest BCUT2D eigenvalue weighted by Gasteiger charge is -2.06. The summed E-state index contributed by atoms with van der Waals surface area (Å²) in [6, 6.07) is 8.67. The third-order valence-electron chi connectivity index (χ3n) is 2.88. The predicted octanol–water partition coefficient (Wildman–Crippen LogP) is 2.83. The summed E-state index contributed by atoms with van der Waals surface area (Å²) in [6.45, 7) is 0. The Hall–Kier alpha value is -2.11. The first kappa shape index (κ1) is 12.9. The van der Waals surface area contributed by atoms with Crippen LogP contribution < -0.4 is 5.73 Å². The zero-order chi connectivity index (χ0) is 14.3. The summed E-state index contributed by atoms with van der Waals surface area (Å²) in [7, 11) is 0. The monoisotopic (exact) mass is 306 g/mol. The largest absolute Gasteiger partial charge is 0.366 e. The predicted molar refractivity (Wildman–Crippen MR) is 77.4 cm³/mol. The van der Waals surface area contributed by atoms with Crippen molar-refractivity contribution in [2.24, 2.45) is 5.73 Å². The van der Waals surface area contributed by atoms with Gasteiger partial charge in [0.15, 0.2) is 5.65 Å². The lowest BCUT2D eigenvalue weighted by atomic mass is 10.2. The number of nitrogens with two attached hydrogens (primary N) is 1. The molecule has 20 heavy (non-hydrogen) atoms. The number of halogens is 2. The Morgan fingerprint density at radius 3 is 2.75 bits per heavy atom. The van der Waals surface area contributed by atoms with Gasteiger partial charge in [0.1, 0.15) is 5.15 Å². The van der Waals surface area contributed by atoms with E-state index in [1.54, 1.807) is 35.0 Å². The first-order chi connectivity index (χ1) is 9.56. The van der Waals surface area contributed by atoms with Crippen LogP contribution in [0, 0.1) is 0 Å². The molecule has 100 valence electrons. The Morgan fingerprint density at radius 2 is 2.00 bits per heavy atom. The minimum atomic E-state index is -0.492. The first-order valence-corrected chi connectivity index (χ1v) is 6.42. The molecular weight excluding hydrogens is 299 g/mol. The average molecular weight is 307 g/mol. The number of rotatable bonds is 2. The highest BCUT2D eigenvalue weighted by Crippen LogP contribution is 2.25. The number of hydrogen-bond acceptors (Lipinski definition) is 3. The van der Waals surface area contributed by atoms with Gasteiger partial charge in [-0.25, -0.2) is 4.98 Å². The zero-order valence-corrected chi connectivity index (χ0v) is 11.6. The molecule has 0 spiro atoms. The molecule has 0 saturated heterocycles. The quantitative estimate of drug-likeness (QED) is 0.584. The SMILES string of the molecule is NC(=O)c1cccc(-n2ccc3c(Cl)nc(Cl)nc32)c1. The van der Waals surface area contributed by atoms with E-state index in [9.17, 15) is 4.79 Å². The van der Waals surface area contributed by atoms with Crippen molar-refractivity contribution in [3.8, 4) is 5.69 Å². The molecule has 0 aliphatic carbocycles. The van der Waals surface area contributed by atoms with Gasteiger partial charge >= 0.3 is 0 Å². The second-order valence-corrected chi connectivity index (χ2v) is 4.82. The van der Waals surface area contributed by atoms with E-state index in [-0.39, 0.29) is 10.4 Å². The highest BCUT2D eigenvalue weighted by molar-refractivity contribution is 6.35. The number of hydrogen-bond donors (Lipinski definition) is 1. The third-order valence-corrected chi connectivity index (χ3v) is 3.34. The number of carbonyl (C=O) groups is 1. The maximum Gasteiger partial charge on any atom is 0.248 e. The van der Waals surface area contributed by atoms with Crippen LogP contribution in [0.25, 0.3) is 16.7 Å². The van der Waals surface area contributed by atoms with Crippen LogP contribution in [0.5, 0.6) is 0 Å². The molecule has 0 atom stereocenters. The Kier molecular flexibility index (Phi) is 3.08. The second-order valence-electron chi connectivity index (χ2n) is 4.12. The molecule has 3 rings (SSSR count). The standard InChI is InChI=1S/C13H8Cl2N4O/c14-10-9-4-5-19(12(9)18-13(15)17-10)8-3-1-2-7(6-8)11(16)20/h1-6H,(H2,16,20). The van der Waals surface area contributed by atoms with E-state index in [0.717, 1.165) is 5.69 Å². The van der Waals surface area contributed by atoms with E-state index in [2.05, 4.69) is 9.97 Å². The minimum Gasteiger partial charge on any atom is -0.366 e. The van der Waals surface area contributed by atoms with Crippen molar-refractivity contribution in [2.45, 2.75) is 0 Å². The normalized spacial score (nSPS) is 10.9. The maximum atomic E-state index is 11.2. The van der Waals surface area contributed by atoms with Gasteiger partial charge in [-0.05, 0) is 35.9 Å². The maximum absolute atomic E-state index is 11.2. The first-order valence-electron chi connectivity index (χ1n) is 5.66. The van der Waals surface area contributed by atoms with Gasteiger partial charge in [0.2, 0.25) is 11.2 Å². The number of nitrogens with zero attached hydrogens (tertiary/aromatic N) is 3. The molecule has 1 aromatic carbocycles. The fourth-order valence-corrected chi connectivity index (χ4v) is 2.41. The van der Waals surface area contributed by atoms with Crippen LogP contribution in [-0.4, -0.2) is 20.4 Å². The van der Waals surface area contributed by atoms with E-state index in [4.69, 9.17) is 28.9 Å². The van der Waals surface area contributed by atoms with E-state index in [1.807, 2.05) is 6.07 Å². The number of carbonyl (C=O) groups excluding carboxylic acids is 1. The summed E-state index contributed by atoms with van der Waals surface area (Å²) in [6.07, 6.45) is 1.78. The van der Waals surface area contributed by atoms with E-state index < -0.39 is 5.91 Å². The minimum absolute atomic E-state index is 0.0634. The van der Waals surface area contributed by atoms with Crippen molar-refractivity contribution in [3.63, 3.8) is 0 Å². The van der Waals surface area contributed by atoms with Gasteiger partial charge < -0.3 is 10.3 Å². The van der Waals surface area contributed by atoms with Crippen molar-refractivity contribution >= 4 is 40.1 Å². The van der Waals surface area contributed by atoms with Gasteiger partial charge in [-0.3, -0.25) is 4.79 Å². The molecule has 0 unspecified atom stereocenters. The lowest BCUT2D eigenvalue weighted by molar-refractivity contribution is 0.100. The van der Waals surface area contributed by atoms with Crippen LogP contribution in [0.2, 0.25) is 10.4 Å². The summed E-state index contributed by atoms with van der Waals surface area (Å²) in [5, 5.41) is 1.03. The summed E-state index contributed by atoms with van der Waals surface area (Å²) in [4.78, 5) is 19.3. The van der Waals surface area contributed by atoms with Crippen LogP contribution in [0.4, 0.5) is 0 Å². The molecule has 5 nitrogen and oxygen atoms in total. The Labute approximate surface area is 124 Å². The molecule has 2 aromatic heterocycles. The molecule has 0 bridgehead atoms. The molecule has 0 radical (unpaired) electrons. The summed E-state index contributed by atoms with van der Waals surface area (Å²) < 4.78 is 1.77. The summed E-state index contributed by atoms with van der Waals surface area (Å²) in [5.74, 6) is -0.492. The van der Waals surface area contributed by atoms with Crippen molar-refractivity contribution in [1.29, 1.82) is 0 Å². The number of amides is 1. The molecule has 2 N–H and O–H groups in total. The highest BCUT2D eigenvalue weighted by Gasteiger charge is 2.11. The molecule has 0 aliphatic rings. The number of fused-ring (bicyclic) bond motifs is 1. The topological polar surface area (TPSA) is 73.8 Å². The number of aromatic nitrogens is 3. The molecule has 0 fully saturated rings. The Bertz CT molecular complexity index is 828. The van der Waals surface area contributed by atoms with E-state index >= 15 is 0 Å². The van der Waals surface area contributed by atoms with Crippen LogP contribution in [-0.2, 0) is 0 Å². The van der Waals surface area contributed by atoms with Crippen LogP contribution in [0.1, 0.15) is 10.4 Å². The molecular formula is C13H8Cl2N4O. The van der Waals surface area contributed by atoms with Crippen molar-refractivity contribution in [3.05, 3.63) is 52.5 Å². The van der Waals surface area contributed by atoms with Crippen molar-refractivity contribution in [2.75, 3.05) is 0 Å². The van der Waals surface area contributed by atoms with Crippen LogP contribution >= 0.6 is 23.2 Å². The number of primary amides is 1. The Balaban J connectivity index is 2.25. The van der Waals surface area contributed by atoms with Gasteiger partial charge in [0.25, 0.3) is 0 Å². The van der Waals surface area contributed by atoms with Crippen LogP contribution in [0.3, 0.4) is 0 Å². The van der Waals surface area contributed by atoms with Crippen molar-refractivity contribution < 1.29 is 4.79 Å². The third kappa shape index (κ3) is 2.11. The van der Waals surface area contributed by atoms with Crippen LogP contribution in [0.15, 0.2) is 36.5 Å². The van der Waals surface area contributed by atoms with Gasteiger partial charge in [0.05, 0.1) is 5.39 Å². The van der Waals surface area contributed by atoms with E-state index in [0.29, 0.717) is 16.6 Å². The molecule has 0 aliphatic heterocycles.